The number of methoxy groups -OCH3 is 2. The quantitative estimate of drug-likeness (QED) is 0.461. The zero-order valence-electron chi connectivity index (χ0n) is 19.1. The minimum atomic E-state index is -0.440. The molecule has 6 rings (SSSR count). The molecule has 0 bridgehead atoms. The van der Waals surface area contributed by atoms with E-state index in [1.54, 1.807) is 20.5 Å². The van der Waals surface area contributed by atoms with Gasteiger partial charge in [-0.25, -0.2) is 4.68 Å². The van der Waals surface area contributed by atoms with Crippen molar-refractivity contribution in [3.05, 3.63) is 101 Å². The van der Waals surface area contributed by atoms with Crippen molar-refractivity contribution in [1.29, 1.82) is 0 Å². The molecule has 2 aliphatic rings. The molecule has 1 N–H and O–H groups in total. The Hall–Kier alpha value is -4.26. The Morgan fingerprint density at radius 1 is 0.971 bits per heavy atom. The Morgan fingerprint density at radius 2 is 1.82 bits per heavy atom. The molecule has 170 valence electrons. The van der Waals surface area contributed by atoms with Crippen molar-refractivity contribution in [2.24, 2.45) is 0 Å². The molecule has 0 saturated heterocycles. The summed E-state index contributed by atoms with van der Waals surface area (Å²) in [7, 11) is 3.29. The number of aromatic nitrogens is 3. The van der Waals surface area contributed by atoms with E-state index in [-0.39, 0.29) is 6.04 Å². The standard InChI is InChI=1S/C27H24N4O3/c1-16-12-13-20-19(14-16)23-22(26(34-20)18-10-7-11-21(32-2)25(18)33-3)24(17-8-5-4-6-9-17)31-27(30-23)28-15-29-31/h4-15,24,26H,1-3H3,(H,28,29,30)/t24-,26+/m1/s1. The molecule has 0 unspecified atom stereocenters. The maximum atomic E-state index is 6.73. The Balaban J connectivity index is 1.66. The second kappa shape index (κ2) is 7.95. The number of benzene rings is 3. The summed E-state index contributed by atoms with van der Waals surface area (Å²) in [5.74, 6) is 2.79. The fraction of sp³-hybridized carbons (Fsp3) is 0.185. The van der Waals surface area contributed by atoms with Gasteiger partial charge in [0.15, 0.2) is 17.6 Å². The second-order valence-corrected chi connectivity index (χ2v) is 8.38. The van der Waals surface area contributed by atoms with Crippen LogP contribution >= 0.6 is 0 Å². The van der Waals surface area contributed by atoms with Crippen LogP contribution in [0, 0.1) is 6.92 Å². The highest BCUT2D eigenvalue weighted by molar-refractivity contribution is 5.85. The fourth-order valence-electron chi connectivity index (χ4n) is 4.92. The average molecular weight is 453 g/mol. The van der Waals surface area contributed by atoms with E-state index in [1.807, 2.05) is 47.1 Å². The number of rotatable bonds is 4. The van der Waals surface area contributed by atoms with Crippen LogP contribution in [0.5, 0.6) is 17.2 Å². The van der Waals surface area contributed by atoms with E-state index in [0.717, 1.165) is 39.3 Å². The first-order valence-electron chi connectivity index (χ1n) is 11.1. The summed E-state index contributed by atoms with van der Waals surface area (Å²) in [6.07, 6.45) is 1.14. The lowest BCUT2D eigenvalue weighted by molar-refractivity contribution is 0.216. The number of anilines is 1. The van der Waals surface area contributed by atoms with Crippen molar-refractivity contribution in [3.8, 4) is 17.2 Å². The zero-order chi connectivity index (χ0) is 23.2. The predicted octanol–water partition coefficient (Wildman–Crippen LogP) is 5.16. The van der Waals surface area contributed by atoms with E-state index < -0.39 is 6.10 Å². The molecular weight excluding hydrogens is 428 g/mol. The van der Waals surface area contributed by atoms with E-state index >= 15 is 0 Å². The van der Waals surface area contributed by atoms with E-state index in [4.69, 9.17) is 14.2 Å². The highest BCUT2D eigenvalue weighted by Crippen LogP contribution is 2.52. The lowest BCUT2D eigenvalue weighted by Gasteiger charge is -2.39. The van der Waals surface area contributed by atoms with Gasteiger partial charge in [-0.1, -0.05) is 54.1 Å². The monoisotopic (exact) mass is 452 g/mol. The first kappa shape index (κ1) is 20.4. The summed E-state index contributed by atoms with van der Waals surface area (Å²) < 4.78 is 20.1. The van der Waals surface area contributed by atoms with Crippen LogP contribution in [-0.2, 0) is 0 Å². The highest BCUT2D eigenvalue weighted by Gasteiger charge is 2.42. The summed E-state index contributed by atoms with van der Waals surface area (Å²) >= 11 is 0. The lowest BCUT2D eigenvalue weighted by atomic mass is 9.84. The molecule has 0 amide bonds. The molecule has 4 aromatic rings. The molecule has 34 heavy (non-hydrogen) atoms. The van der Waals surface area contributed by atoms with Gasteiger partial charge in [0, 0.05) is 16.7 Å². The summed E-state index contributed by atoms with van der Waals surface area (Å²) in [4.78, 5) is 4.50. The molecule has 0 radical (unpaired) electrons. The van der Waals surface area contributed by atoms with Crippen LogP contribution in [0.4, 0.5) is 5.95 Å². The van der Waals surface area contributed by atoms with E-state index in [2.05, 4.69) is 46.6 Å². The number of nitrogens with zero attached hydrogens (tertiary/aromatic N) is 3. The number of hydrogen-bond donors (Lipinski definition) is 1. The van der Waals surface area contributed by atoms with Gasteiger partial charge in [-0.3, -0.25) is 0 Å². The lowest BCUT2D eigenvalue weighted by Crippen LogP contribution is -2.32. The van der Waals surface area contributed by atoms with Crippen molar-refractivity contribution >= 4 is 11.6 Å². The molecule has 0 aliphatic carbocycles. The highest BCUT2D eigenvalue weighted by atomic mass is 16.5. The number of ether oxygens (including phenoxy) is 3. The summed E-state index contributed by atoms with van der Waals surface area (Å²) in [6.45, 7) is 2.08. The smallest absolute Gasteiger partial charge is 0.226 e. The molecule has 2 aliphatic heterocycles. The van der Waals surface area contributed by atoms with Gasteiger partial charge < -0.3 is 19.5 Å². The average Bonchev–Trinajstić information content (AvgIpc) is 3.35. The number of hydrogen-bond acceptors (Lipinski definition) is 6. The van der Waals surface area contributed by atoms with Gasteiger partial charge in [0.1, 0.15) is 18.1 Å². The molecule has 1 aromatic heterocycles. The second-order valence-electron chi connectivity index (χ2n) is 8.38. The molecule has 3 aromatic carbocycles. The molecule has 7 nitrogen and oxygen atoms in total. The van der Waals surface area contributed by atoms with Gasteiger partial charge in [-0.2, -0.15) is 10.1 Å². The minimum absolute atomic E-state index is 0.218. The molecular formula is C27H24N4O3. The van der Waals surface area contributed by atoms with Crippen LogP contribution in [0.2, 0.25) is 0 Å². The van der Waals surface area contributed by atoms with Crippen LogP contribution in [0.1, 0.15) is 34.4 Å². The third-order valence-electron chi connectivity index (χ3n) is 6.40. The normalized spacial score (nSPS) is 18.2. The first-order chi connectivity index (χ1) is 16.7. The fourth-order valence-corrected chi connectivity index (χ4v) is 4.92. The molecule has 7 heteroatoms. The number of nitrogens with one attached hydrogen (secondary N) is 1. The molecule has 3 heterocycles. The van der Waals surface area contributed by atoms with Crippen molar-refractivity contribution in [1.82, 2.24) is 14.8 Å². The van der Waals surface area contributed by atoms with E-state index in [9.17, 15) is 0 Å². The van der Waals surface area contributed by atoms with Crippen molar-refractivity contribution in [2.45, 2.75) is 19.1 Å². The van der Waals surface area contributed by atoms with Crippen LogP contribution < -0.4 is 19.5 Å². The largest absolute Gasteiger partial charge is 0.493 e. The number of fused-ring (bicyclic) bond motifs is 3. The van der Waals surface area contributed by atoms with Gasteiger partial charge in [0.2, 0.25) is 5.95 Å². The van der Waals surface area contributed by atoms with Crippen molar-refractivity contribution in [2.75, 3.05) is 19.5 Å². The SMILES string of the molecule is COc1cccc([C@@H]2Oc3ccc(C)cc3C3=C2[C@@H](c2ccccc2)n2ncnc2N3)c1OC. The third-order valence-corrected chi connectivity index (χ3v) is 6.40. The Labute approximate surface area is 197 Å². The topological polar surface area (TPSA) is 70.4 Å². The summed E-state index contributed by atoms with van der Waals surface area (Å²) in [6, 6.07) is 22.2. The Morgan fingerprint density at radius 3 is 2.62 bits per heavy atom. The molecule has 0 spiro atoms. The number of aryl methyl sites for hydroxylation is 1. The first-order valence-corrected chi connectivity index (χ1v) is 11.1. The van der Waals surface area contributed by atoms with Gasteiger partial charge in [0.25, 0.3) is 0 Å². The minimum Gasteiger partial charge on any atom is -0.493 e. The predicted molar refractivity (Wildman–Crippen MR) is 129 cm³/mol. The van der Waals surface area contributed by atoms with Crippen molar-refractivity contribution in [3.63, 3.8) is 0 Å². The zero-order valence-corrected chi connectivity index (χ0v) is 19.1. The Bertz CT molecular complexity index is 1410. The van der Waals surface area contributed by atoms with Crippen LogP contribution in [0.25, 0.3) is 5.70 Å². The van der Waals surface area contributed by atoms with Gasteiger partial charge >= 0.3 is 0 Å². The Kier molecular flexibility index (Phi) is 4.76. The van der Waals surface area contributed by atoms with Gasteiger partial charge in [0.05, 0.1) is 19.9 Å². The number of para-hydroxylation sites is 1. The maximum absolute atomic E-state index is 6.73. The van der Waals surface area contributed by atoms with Crippen molar-refractivity contribution < 1.29 is 14.2 Å². The third kappa shape index (κ3) is 3.04. The molecule has 0 saturated carbocycles. The van der Waals surface area contributed by atoms with E-state index in [1.165, 1.54) is 0 Å². The van der Waals surface area contributed by atoms with Crippen LogP contribution in [-0.4, -0.2) is 29.0 Å². The summed E-state index contributed by atoms with van der Waals surface area (Å²) in [5.41, 5.74) is 6.14. The molecule has 2 atom stereocenters. The van der Waals surface area contributed by atoms with Gasteiger partial charge in [-0.15, -0.1) is 0 Å². The van der Waals surface area contributed by atoms with Crippen LogP contribution in [0.15, 0.2) is 78.6 Å². The van der Waals surface area contributed by atoms with Crippen LogP contribution in [0.3, 0.4) is 0 Å². The molecule has 0 fully saturated rings. The summed E-state index contributed by atoms with van der Waals surface area (Å²) in [5, 5.41) is 8.13. The maximum Gasteiger partial charge on any atom is 0.226 e. The van der Waals surface area contributed by atoms with E-state index in [0.29, 0.717) is 17.4 Å². The van der Waals surface area contributed by atoms with Gasteiger partial charge in [-0.05, 0) is 30.7 Å².